The van der Waals surface area contributed by atoms with Crippen molar-refractivity contribution in [3.8, 4) is 0 Å². The molecule has 0 N–H and O–H groups in total. The van der Waals surface area contributed by atoms with Crippen LogP contribution in [-0.2, 0) is 4.74 Å². The number of ether oxygens (including phenoxy) is 1. The van der Waals surface area contributed by atoms with Gasteiger partial charge in [0.25, 0.3) is 0 Å². The van der Waals surface area contributed by atoms with Gasteiger partial charge in [-0.3, -0.25) is 0 Å². The quantitative estimate of drug-likeness (QED) is 0.337. The summed E-state index contributed by atoms with van der Waals surface area (Å²) in [5, 5.41) is 0. The van der Waals surface area contributed by atoms with Crippen LogP contribution in [0.5, 0.6) is 0 Å². The minimum absolute atomic E-state index is 0.543. The molecule has 1 heteroatoms. The summed E-state index contributed by atoms with van der Waals surface area (Å²) in [6.45, 7) is 24.8. The largest absolute Gasteiger partial charge is 0.377 e. The van der Waals surface area contributed by atoms with Gasteiger partial charge < -0.3 is 4.74 Å². The van der Waals surface area contributed by atoms with Gasteiger partial charge in [0, 0.05) is 0 Å². The third-order valence-corrected chi connectivity index (χ3v) is 4.53. The second-order valence-corrected chi connectivity index (χ2v) is 7.56. The van der Waals surface area contributed by atoms with Crippen LogP contribution in [0.2, 0.25) is 0 Å². The van der Waals surface area contributed by atoms with Crippen LogP contribution in [0.3, 0.4) is 0 Å². The van der Waals surface area contributed by atoms with Gasteiger partial charge in [-0.2, -0.15) is 0 Å². The van der Waals surface area contributed by atoms with Crippen molar-refractivity contribution < 1.29 is 4.74 Å². The van der Waals surface area contributed by atoms with E-state index in [0.29, 0.717) is 5.92 Å². The van der Waals surface area contributed by atoms with E-state index in [1.165, 1.54) is 24.8 Å². The fourth-order valence-electron chi connectivity index (χ4n) is 1.86. The highest BCUT2D eigenvalue weighted by atomic mass is 16.5. The van der Waals surface area contributed by atoms with E-state index in [9.17, 15) is 0 Å². The van der Waals surface area contributed by atoms with Crippen LogP contribution in [-0.4, -0.2) is 13.2 Å². The number of unbranched alkanes of at least 4 members (excludes halogenated alkanes) is 1. The summed E-state index contributed by atoms with van der Waals surface area (Å²) >= 11 is 0. The van der Waals surface area contributed by atoms with Crippen LogP contribution in [0.25, 0.3) is 0 Å². The Labute approximate surface area is 158 Å². The van der Waals surface area contributed by atoms with Crippen LogP contribution >= 0.6 is 0 Å². The molecule has 1 aliphatic rings. The van der Waals surface area contributed by atoms with E-state index in [0.717, 1.165) is 37.0 Å². The number of allylic oxidation sites excluding steroid dienone is 4. The third kappa shape index (κ3) is 19.1. The SMILES string of the molecule is C=C/C=C\C(=C)C(C)C.CC1=CCOCC1.CCCCC(C)C(C)C. The molecular weight excluding hydrogens is 304 g/mol. The number of hydrogen-bond acceptors (Lipinski definition) is 1. The van der Waals surface area contributed by atoms with Gasteiger partial charge in [-0.05, 0) is 31.1 Å². The van der Waals surface area contributed by atoms with Gasteiger partial charge in [0.15, 0.2) is 0 Å². The van der Waals surface area contributed by atoms with Gasteiger partial charge >= 0.3 is 0 Å². The molecule has 1 nitrogen and oxygen atoms in total. The summed E-state index contributed by atoms with van der Waals surface area (Å²) in [6, 6.07) is 0. The normalized spacial score (nSPS) is 15.0. The van der Waals surface area contributed by atoms with Gasteiger partial charge in [-0.15, -0.1) is 0 Å². The topological polar surface area (TPSA) is 9.23 Å². The van der Waals surface area contributed by atoms with Crippen molar-refractivity contribution in [1.29, 1.82) is 0 Å². The van der Waals surface area contributed by atoms with Crippen LogP contribution in [0, 0.1) is 17.8 Å². The molecule has 1 rings (SSSR count). The molecule has 0 aromatic heterocycles. The molecular formula is C24H44O. The minimum Gasteiger partial charge on any atom is -0.377 e. The molecule has 0 saturated carbocycles. The minimum atomic E-state index is 0.543. The Bertz CT molecular complexity index is 385. The van der Waals surface area contributed by atoms with E-state index in [1.54, 1.807) is 6.08 Å². The zero-order valence-electron chi connectivity index (χ0n) is 18.1. The molecule has 1 unspecified atom stereocenters. The Morgan fingerprint density at radius 1 is 1.24 bits per heavy atom. The van der Waals surface area contributed by atoms with Gasteiger partial charge in [0.2, 0.25) is 0 Å². The van der Waals surface area contributed by atoms with E-state index in [2.05, 4.69) is 67.7 Å². The second kappa shape index (κ2) is 17.7. The molecule has 0 fully saturated rings. The molecule has 146 valence electrons. The second-order valence-electron chi connectivity index (χ2n) is 7.56. The van der Waals surface area contributed by atoms with Crippen molar-refractivity contribution in [2.45, 2.75) is 74.1 Å². The molecule has 0 aromatic rings. The first kappa shape index (κ1) is 26.2. The first-order chi connectivity index (χ1) is 11.8. The predicted molar refractivity (Wildman–Crippen MR) is 116 cm³/mol. The Morgan fingerprint density at radius 2 is 1.88 bits per heavy atom. The lowest BCUT2D eigenvalue weighted by Crippen LogP contribution is -2.02. The number of rotatable bonds is 7. The molecule has 1 aliphatic heterocycles. The maximum Gasteiger partial charge on any atom is 0.0650 e. The zero-order valence-corrected chi connectivity index (χ0v) is 18.1. The molecule has 0 aliphatic carbocycles. The molecule has 25 heavy (non-hydrogen) atoms. The van der Waals surface area contributed by atoms with Crippen molar-refractivity contribution in [1.82, 2.24) is 0 Å². The Hall–Kier alpha value is -1.08. The summed E-state index contributed by atoms with van der Waals surface area (Å²) in [6.07, 6.45) is 13.1. The lowest BCUT2D eigenvalue weighted by Gasteiger charge is -2.13. The summed E-state index contributed by atoms with van der Waals surface area (Å²) in [5.74, 6) is 2.34. The van der Waals surface area contributed by atoms with E-state index < -0.39 is 0 Å². The van der Waals surface area contributed by atoms with Crippen LogP contribution in [0.1, 0.15) is 74.1 Å². The lowest BCUT2D eigenvalue weighted by atomic mass is 9.93. The fourth-order valence-corrected chi connectivity index (χ4v) is 1.86. The van der Waals surface area contributed by atoms with Crippen LogP contribution < -0.4 is 0 Å². The molecule has 0 aromatic carbocycles. The smallest absolute Gasteiger partial charge is 0.0650 e. The summed E-state index contributed by atoms with van der Waals surface area (Å²) in [7, 11) is 0. The van der Waals surface area contributed by atoms with Gasteiger partial charge in [-0.25, -0.2) is 0 Å². The maximum atomic E-state index is 5.06. The highest BCUT2D eigenvalue weighted by Crippen LogP contribution is 2.16. The van der Waals surface area contributed by atoms with Gasteiger partial charge in [0.05, 0.1) is 13.2 Å². The standard InChI is InChI=1S/C9H20.C9H14.C6H10O/c2*1-5-6-7-9(4)8(2)3;1-6-2-4-7-5-3-6/h8-9H,5-7H2,1-4H3;5-8H,1,4H2,2-3H3;2H,3-5H2,1H3/b;7-6-;. The Kier molecular flexibility index (Phi) is 18.6. The maximum absolute atomic E-state index is 5.06. The van der Waals surface area contributed by atoms with Crippen molar-refractivity contribution in [3.05, 3.63) is 48.6 Å². The molecule has 0 radical (unpaired) electrons. The van der Waals surface area contributed by atoms with Crippen molar-refractivity contribution in [2.75, 3.05) is 13.2 Å². The summed E-state index contributed by atoms with van der Waals surface area (Å²) in [4.78, 5) is 0. The van der Waals surface area contributed by atoms with Crippen LogP contribution in [0.4, 0.5) is 0 Å². The van der Waals surface area contributed by atoms with E-state index in [1.807, 2.05) is 12.2 Å². The summed E-state index contributed by atoms with van der Waals surface area (Å²) < 4.78 is 5.06. The highest BCUT2D eigenvalue weighted by molar-refractivity contribution is 5.19. The average molecular weight is 349 g/mol. The van der Waals surface area contributed by atoms with Crippen molar-refractivity contribution >= 4 is 0 Å². The molecule has 0 saturated heterocycles. The monoisotopic (exact) mass is 348 g/mol. The van der Waals surface area contributed by atoms with E-state index >= 15 is 0 Å². The molecule has 0 bridgehead atoms. The first-order valence-electron chi connectivity index (χ1n) is 9.97. The lowest BCUT2D eigenvalue weighted by molar-refractivity contribution is 0.154. The first-order valence-corrected chi connectivity index (χ1v) is 9.97. The summed E-state index contributed by atoms with van der Waals surface area (Å²) in [5.41, 5.74) is 2.61. The highest BCUT2D eigenvalue weighted by Gasteiger charge is 2.04. The van der Waals surface area contributed by atoms with Crippen LogP contribution in [0.15, 0.2) is 48.6 Å². The van der Waals surface area contributed by atoms with Crippen molar-refractivity contribution in [2.24, 2.45) is 17.8 Å². The molecule has 1 heterocycles. The molecule has 1 atom stereocenters. The predicted octanol–water partition coefficient (Wildman–Crippen LogP) is 7.76. The zero-order chi connectivity index (χ0) is 19.7. The molecule has 0 spiro atoms. The Morgan fingerprint density at radius 3 is 2.20 bits per heavy atom. The average Bonchev–Trinajstić information content (AvgIpc) is 2.59. The van der Waals surface area contributed by atoms with Gasteiger partial charge in [0.1, 0.15) is 0 Å². The fraction of sp³-hybridized carbons (Fsp3) is 0.667. The third-order valence-electron chi connectivity index (χ3n) is 4.53. The van der Waals surface area contributed by atoms with E-state index in [4.69, 9.17) is 4.74 Å². The van der Waals surface area contributed by atoms with Gasteiger partial charge in [-0.1, -0.05) is 109 Å². The Balaban J connectivity index is 0. The molecule has 0 amide bonds. The van der Waals surface area contributed by atoms with E-state index in [-0.39, 0.29) is 0 Å². The van der Waals surface area contributed by atoms with Crippen molar-refractivity contribution in [3.63, 3.8) is 0 Å². The number of hydrogen-bond donors (Lipinski definition) is 0.